The molecule has 0 atom stereocenters. The van der Waals surface area contributed by atoms with E-state index in [0.717, 1.165) is 19.3 Å². The summed E-state index contributed by atoms with van der Waals surface area (Å²) in [4.78, 5) is 12.8. The van der Waals surface area contributed by atoms with Gasteiger partial charge in [-0.05, 0) is 32.4 Å². The molecule has 0 saturated carbocycles. The molecule has 2 N–H and O–H groups in total. The monoisotopic (exact) mass is 347 g/mol. The Bertz CT molecular complexity index is 764. The predicted molar refractivity (Wildman–Crippen MR) is 101 cm³/mol. The van der Waals surface area contributed by atoms with Crippen molar-refractivity contribution in [2.24, 2.45) is 0 Å². The fraction of sp³-hybridized carbons (Fsp3) is 0.550. The van der Waals surface area contributed by atoms with E-state index in [1.54, 1.807) is 10.6 Å². The average molecular weight is 347 g/mol. The summed E-state index contributed by atoms with van der Waals surface area (Å²) in [6.07, 6.45) is 6.76. The largest absolute Gasteiger partial charge is 0.508 e. The van der Waals surface area contributed by atoms with Crippen molar-refractivity contribution in [1.29, 1.82) is 0 Å². The highest BCUT2D eigenvalue weighted by Gasteiger charge is 2.19. The zero-order valence-corrected chi connectivity index (χ0v) is 15.4. The van der Waals surface area contributed by atoms with Crippen molar-refractivity contribution in [2.45, 2.75) is 65.3 Å². The maximum atomic E-state index is 12.8. The number of hydrogen-bond donors (Lipinski definition) is 2. The van der Waals surface area contributed by atoms with Gasteiger partial charge in [-0.3, -0.25) is 4.79 Å². The fourth-order valence-corrected chi connectivity index (χ4v) is 3.06. The first-order valence-corrected chi connectivity index (χ1v) is 9.20. The standard InChI is InChI=1S/C20H29NO4/c1-4-5-6-7-8-9-12-25-19-18(23)16-11-10-15(22)13-17(16)21(14(2)3)20(19)24/h10-11,13-14,22-23H,4-9,12H2,1-3H3. The van der Waals surface area contributed by atoms with Gasteiger partial charge in [0.25, 0.3) is 5.56 Å². The van der Waals surface area contributed by atoms with E-state index in [2.05, 4.69) is 6.92 Å². The molecular formula is C20H29NO4. The molecule has 2 aromatic rings. The lowest BCUT2D eigenvalue weighted by molar-refractivity contribution is 0.283. The number of hydrogen-bond acceptors (Lipinski definition) is 4. The summed E-state index contributed by atoms with van der Waals surface area (Å²) in [5.41, 5.74) is 0.140. The van der Waals surface area contributed by atoms with Crippen molar-refractivity contribution in [3.05, 3.63) is 28.6 Å². The third-order valence-electron chi connectivity index (χ3n) is 4.38. The summed E-state index contributed by atoms with van der Waals surface area (Å²) >= 11 is 0. The Kier molecular flexibility index (Phi) is 6.73. The van der Waals surface area contributed by atoms with Crippen LogP contribution in [-0.4, -0.2) is 21.4 Å². The number of nitrogens with zero attached hydrogens (tertiary/aromatic N) is 1. The first kappa shape index (κ1) is 19.2. The number of benzene rings is 1. The summed E-state index contributed by atoms with van der Waals surface area (Å²) in [6.45, 7) is 6.38. The van der Waals surface area contributed by atoms with Gasteiger partial charge in [0, 0.05) is 17.5 Å². The van der Waals surface area contributed by atoms with Gasteiger partial charge in [-0.1, -0.05) is 39.0 Å². The van der Waals surface area contributed by atoms with Gasteiger partial charge in [0.15, 0.2) is 5.75 Å². The molecular weight excluding hydrogens is 318 g/mol. The lowest BCUT2D eigenvalue weighted by atomic mass is 10.1. The molecule has 0 radical (unpaired) electrons. The molecule has 0 aliphatic rings. The van der Waals surface area contributed by atoms with Crippen LogP contribution in [0.3, 0.4) is 0 Å². The second-order valence-corrected chi connectivity index (χ2v) is 6.76. The Morgan fingerprint density at radius 3 is 2.44 bits per heavy atom. The van der Waals surface area contributed by atoms with E-state index in [1.165, 1.54) is 31.4 Å². The fourth-order valence-electron chi connectivity index (χ4n) is 3.06. The van der Waals surface area contributed by atoms with E-state index in [0.29, 0.717) is 17.5 Å². The molecule has 0 fully saturated rings. The Hall–Kier alpha value is -2.17. The van der Waals surface area contributed by atoms with Crippen molar-refractivity contribution >= 4 is 10.9 Å². The highest BCUT2D eigenvalue weighted by molar-refractivity contribution is 5.88. The second kappa shape index (κ2) is 8.79. The van der Waals surface area contributed by atoms with Crippen LogP contribution >= 0.6 is 0 Å². The van der Waals surface area contributed by atoms with Gasteiger partial charge >= 0.3 is 0 Å². The summed E-state index contributed by atoms with van der Waals surface area (Å²) in [5.74, 6) is -0.0928. The third-order valence-corrected chi connectivity index (χ3v) is 4.38. The first-order chi connectivity index (χ1) is 12.0. The van der Waals surface area contributed by atoms with Gasteiger partial charge in [0.05, 0.1) is 12.1 Å². The number of aromatic hydroxyl groups is 2. The molecule has 5 heteroatoms. The van der Waals surface area contributed by atoms with Gasteiger partial charge in [-0.25, -0.2) is 0 Å². The molecule has 0 aliphatic heterocycles. The smallest absolute Gasteiger partial charge is 0.297 e. The molecule has 2 rings (SSSR count). The molecule has 25 heavy (non-hydrogen) atoms. The number of fused-ring (bicyclic) bond motifs is 1. The van der Waals surface area contributed by atoms with Gasteiger partial charge in [0.1, 0.15) is 5.75 Å². The van der Waals surface area contributed by atoms with Crippen molar-refractivity contribution in [2.75, 3.05) is 6.61 Å². The highest BCUT2D eigenvalue weighted by Crippen LogP contribution is 2.34. The minimum Gasteiger partial charge on any atom is -0.508 e. The van der Waals surface area contributed by atoms with Crippen LogP contribution in [0.5, 0.6) is 17.2 Å². The van der Waals surface area contributed by atoms with Crippen LogP contribution in [-0.2, 0) is 0 Å². The number of aromatic nitrogens is 1. The van der Waals surface area contributed by atoms with E-state index >= 15 is 0 Å². The molecule has 0 saturated heterocycles. The van der Waals surface area contributed by atoms with Crippen molar-refractivity contribution in [3.8, 4) is 17.2 Å². The van der Waals surface area contributed by atoms with Crippen LogP contribution in [0.25, 0.3) is 10.9 Å². The number of phenols is 1. The minimum atomic E-state index is -0.364. The van der Waals surface area contributed by atoms with Crippen LogP contribution < -0.4 is 10.3 Å². The molecule has 0 spiro atoms. The topological polar surface area (TPSA) is 71.7 Å². The van der Waals surface area contributed by atoms with E-state index < -0.39 is 0 Å². The Balaban J connectivity index is 2.22. The summed E-state index contributed by atoms with van der Waals surface area (Å²) in [6, 6.07) is 4.48. The normalized spacial score (nSPS) is 11.4. The number of unbranched alkanes of at least 4 members (excludes halogenated alkanes) is 5. The van der Waals surface area contributed by atoms with E-state index in [-0.39, 0.29) is 28.8 Å². The van der Waals surface area contributed by atoms with Crippen molar-refractivity contribution < 1.29 is 14.9 Å². The number of pyridine rings is 1. The molecule has 1 aromatic heterocycles. The molecule has 0 aliphatic carbocycles. The van der Waals surface area contributed by atoms with E-state index in [9.17, 15) is 15.0 Å². The van der Waals surface area contributed by atoms with Crippen LogP contribution in [0.15, 0.2) is 23.0 Å². The minimum absolute atomic E-state index is 0.000415. The number of ether oxygens (including phenoxy) is 1. The predicted octanol–water partition coefficient (Wildman–Crippen LogP) is 4.73. The Morgan fingerprint density at radius 1 is 1.08 bits per heavy atom. The van der Waals surface area contributed by atoms with E-state index in [4.69, 9.17) is 4.74 Å². The quantitative estimate of drug-likeness (QED) is 0.643. The van der Waals surface area contributed by atoms with Gasteiger partial charge in [-0.15, -0.1) is 0 Å². The second-order valence-electron chi connectivity index (χ2n) is 6.76. The van der Waals surface area contributed by atoms with E-state index in [1.807, 2.05) is 13.8 Å². The molecule has 1 heterocycles. The van der Waals surface area contributed by atoms with Crippen LogP contribution in [0.1, 0.15) is 65.3 Å². The summed E-state index contributed by atoms with van der Waals surface area (Å²) < 4.78 is 7.20. The molecule has 0 unspecified atom stereocenters. The lowest BCUT2D eigenvalue weighted by Gasteiger charge is -2.18. The molecule has 0 amide bonds. The first-order valence-electron chi connectivity index (χ1n) is 9.20. The molecule has 0 bridgehead atoms. The molecule has 138 valence electrons. The third kappa shape index (κ3) is 4.47. The van der Waals surface area contributed by atoms with Crippen LogP contribution in [0.4, 0.5) is 0 Å². The number of rotatable bonds is 9. The van der Waals surface area contributed by atoms with Crippen LogP contribution in [0, 0.1) is 0 Å². The molecule has 5 nitrogen and oxygen atoms in total. The SMILES string of the molecule is CCCCCCCCOc1c(O)c2ccc(O)cc2n(C(C)C)c1=O. The zero-order chi connectivity index (χ0) is 18.4. The molecule has 1 aromatic carbocycles. The van der Waals surface area contributed by atoms with Crippen molar-refractivity contribution in [1.82, 2.24) is 4.57 Å². The van der Waals surface area contributed by atoms with Gasteiger partial charge in [-0.2, -0.15) is 0 Å². The maximum absolute atomic E-state index is 12.8. The van der Waals surface area contributed by atoms with Gasteiger partial charge < -0.3 is 19.5 Å². The Labute approximate surface area is 148 Å². The summed E-state index contributed by atoms with van der Waals surface area (Å²) in [7, 11) is 0. The van der Waals surface area contributed by atoms with Crippen molar-refractivity contribution in [3.63, 3.8) is 0 Å². The lowest BCUT2D eigenvalue weighted by Crippen LogP contribution is -2.24. The van der Waals surface area contributed by atoms with Crippen LogP contribution in [0.2, 0.25) is 0 Å². The highest BCUT2D eigenvalue weighted by atomic mass is 16.5. The van der Waals surface area contributed by atoms with Gasteiger partial charge in [0.2, 0.25) is 5.75 Å². The average Bonchev–Trinajstić information content (AvgIpc) is 2.56. The number of phenolic OH excluding ortho intramolecular Hbond substituents is 1. The maximum Gasteiger partial charge on any atom is 0.297 e. The summed E-state index contributed by atoms with van der Waals surface area (Å²) in [5, 5.41) is 20.7. The Morgan fingerprint density at radius 2 is 1.76 bits per heavy atom. The zero-order valence-electron chi connectivity index (χ0n) is 15.4.